The summed E-state index contributed by atoms with van der Waals surface area (Å²) in [5, 5.41) is 0.537. The standard InChI is InChI=1S/C20H7Cl5O3/c21-11-7-3-6-10-17(11)27-18-12(13(22)14(23)15(24)16(18)25)20(10)9-5-2-1-4-8(9)19(26)28-20/h1-7H. The molecule has 0 amide bonds. The summed E-state index contributed by atoms with van der Waals surface area (Å²) in [4.78, 5) is 12.8. The predicted octanol–water partition coefficient (Wildman–Crippen LogP) is 7.52. The van der Waals surface area contributed by atoms with Crippen molar-refractivity contribution in [2.75, 3.05) is 0 Å². The lowest BCUT2D eigenvalue weighted by molar-refractivity contribution is 0.0225. The molecule has 0 N–H and O–H groups in total. The fraction of sp³-hybridized carbons (Fsp3) is 0.0500. The maximum absolute atomic E-state index is 12.8. The van der Waals surface area contributed by atoms with Crippen molar-refractivity contribution in [3.8, 4) is 11.5 Å². The molecule has 3 aromatic rings. The minimum Gasteiger partial charge on any atom is -0.453 e. The third-order valence-corrected chi connectivity index (χ3v) is 6.98. The van der Waals surface area contributed by atoms with Crippen LogP contribution in [0.4, 0.5) is 0 Å². The Bertz CT molecular complexity index is 1210. The lowest BCUT2D eigenvalue weighted by Gasteiger charge is -2.38. The maximum Gasteiger partial charge on any atom is 0.340 e. The van der Waals surface area contributed by atoms with E-state index in [1.165, 1.54) is 0 Å². The van der Waals surface area contributed by atoms with Crippen LogP contribution in [-0.2, 0) is 10.3 Å². The van der Waals surface area contributed by atoms with Crippen molar-refractivity contribution < 1.29 is 14.3 Å². The zero-order valence-corrected chi connectivity index (χ0v) is 17.4. The lowest BCUT2D eigenvalue weighted by atomic mass is 9.77. The Morgan fingerprint density at radius 1 is 0.714 bits per heavy atom. The van der Waals surface area contributed by atoms with Gasteiger partial charge in [0, 0.05) is 11.1 Å². The summed E-state index contributed by atoms with van der Waals surface area (Å²) in [6.07, 6.45) is 0. The van der Waals surface area contributed by atoms with Crippen LogP contribution in [0, 0.1) is 0 Å². The number of ether oxygens (including phenoxy) is 2. The number of hydrogen-bond donors (Lipinski definition) is 0. The van der Waals surface area contributed by atoms with Gasteiger partial charge in [-0.2, -0.15) is 0 Å². The molecule has 28 heavy (non-hydrogen) atoms. The topological polar surface area (TPSA) is 35.5 Å². The van der Waals surface area contributed by atoms with Gasteiger partial charge in [0.25, 0.3) is 0 Å². The first-order valence-electron chi connectivity index (χ1n) is 8.04. The van der Waals surface area contributed by atoms with Crippen molar-refractivity contribution in [3.05, 3.63) is 89.8 Å². The third-order valence-electron chi connectivity index (χ3n) is 4.90. The van der Waals surface area contributed by atoms with Crippen molar-refractivity contribution >= 4 is 64.0 Å². The van der Waals surface area contributed by atoms with Crippen LogP contribution in [0.5, 0.6) is 11.5 Å². The Morgan fingerprint density at radius 2 is 1.39 bits per heavy atom. The molecule has 2 aliphatic heterocycles. The largest absolute Gasteiger partial charge is 0.453 e. The average Bonchev–Trinajstić information content (AvgIpc) is 2.99. The number of benzene rings is 3. The van der Waals surface area contributed by atoms with Gasteiger partial charge in [-0.1, -0.05) is 88.3 Å². The Hall–Kier alpha value is -1.62. The summed E-state index contributed by atoms with van der Waals surface area (Å²) in [5.41, 5.74) is 0.393. The third kappa shape index (κ3) is 2.17. The van der Waals surface area contributed by atoms with Gasteiger partial charge >= 0.3 is 5.97 Å². The van der Waals surface area contributed by atoms with E-state index in [9.17, 15) is 4.79 Å². The molecule has 0 aromatic heterocycles. The normalized spacial score (nSPS) is 19.0. The molecule has 2 aliphatic rings. The zero-order valence-electron chi connectivity index (χ0n) is 13.7. The van der Waals surface area contributed by atoms with Gasteiger partial charge in [-0.3, -0.25) is 0 Å². The van der Waals surface area contributed by atoms with E-state index in [0.717, 1.165) is 0 Å². The van der Waals surface area contributed by atoms with E-state index >= 15 is 0 Å². The van der Waals surface area contributed by atoms with Crippen LogP contribution in [0.1, 0.15) is 27.0 Å². The molecule has 1 atom stereocenters. The number of esters is 1. The molecule has 140 valence electrons. The first-order valence-corrected chi connectivity index (χ1v) is 9.93. The number of carbonyl (C=O) groups excluding carboxylic acids is 1. The van der Waals surface area contributed by atoms with E-state index in [2.05, 4.69) is 0 Å². The van der Waals surface area contributed by atoms with E-state index in [1.807, 2.05) is 0 Å². The Balaban J connectivity index is 2.01. The van der Waals surface area contributed by atoms with E-state index in [0.29, 0.717) is 33.0 Å². The van der Waals surface area contributed by atoms with Crippen molar-refractivity contribution in [3.63, 3.8) is 0 Å². The number of halogens is 5. The van der Waals surface area contributed by atoms with Gasteiger partial charge in [-0.15, -0.1) is 0 Å². The van der Waals surface area contributed by atoms with E-state index < -0.39 is 11.6 Å². The number of rotatable bonds is 0. The van der Waals surface area contributed by atoms with Gasteiger partial charge in [-0.05, 0) is 12.1 Å². The monoisotopic (exact) mass is 470 g/mol. The molecule has 3 nitrogen and oxygen atoms in total. The molecule has 0 bridgehead atoms. The second-order valence-corrected chi connectivity index (χ2v) is 8.21. The molecular weight excluding hydrogens is 465 g/mol. The fourth-order valence-corrected chi connectivity index (χ4v) is 4.97. The highest BCUT2D eigenvalue weighted by Gasteiger charge is 2.56. The van der Waals surface area contributed by atoms with Crippen molar-refractivity contribution in [2.24, 2.45) is 0 Å². The van der Waals surface area contributed by atoms with Crippen LogP contribution in [0.2, 0.25) is 25.1 Å². The van der Waals surface area contributed by atoms with Gasteiger partial charge < -0.3 is 9.47 Å². The highest BCUT2D eigenvalue weighted by atomic mass is 35.5. The molecule has 0 saturated carbocycles. The lowest BCUT2D eigenvalue weighted by Crippen LogP contribution is -2.33. The van der Waals surface area contributed by atoms with Crippen LogP contribution in [0.15, 0.2) is 42.5 Å². The average molecular weight is 473 g/mol. The molecule has 1 unspecified atom stereocenters. The predicted molar refractivity (Wildman–Crippen MR) is 110 cm³/mol. The SMILES string of the molecule is O=C1OC2(c3ccccc31)c1cccc(Cl)c1Oc1c(Cl)c(Cl)c(Cl)c(Cl)c12. The Kier molecular flexibility index (Phi) is 4.07. The van der Waals surface area contributed by atoms with Crippen molar-refractivity contribution in [2.45, 2.75) is 5.60 Å². The number of fused-ring (bicyclic) bond motifs is 6. The smallest absolute Gasteiger partial charge is 0.340 e. The first-order chi connectivity index (χ1) is 13.4. The highest BCUT2D eigenvalue weighted by Crippen LogP contribution is 2.62. The molecule has 2 heterocycles. The Morgan fingerprint density at radius 3 is 2.18 bits per heavy atom. The first kappa shape index (κ1) is 18.4. The van der Waals surface area contributed by atoms with Gasteiger partial charge in [0.2, 0.25) is 0 Å². The highest BCUT2D eigenvalue weighted by molar-refractivity contribution is 6.52. The second kappa shape index (κ2) is 6.19. The summed E-state index contributed by atoms with van der Waals surface area (Å²) in [5.74, 6) is -0.0590. The number of para-hydroxylation sites is 1. The summed E-state index contributed by atoms with van der Waals surface area (Å²) in [7, 11) is 0. The van der Waals surface area contributed by atoms with Gasteiger partial charge in [0.15, 0.2) is 17.1 Å². The van der Waals surface area contributed by atoms with Crippen LogP contribution in [0.3, 0.4) is 0 Å². The second-order valence-electron chi connectivity index (χ2n) is 6.29. The summed E-state index contributed by atoms with van der Waals surface area (Å²) in [6.45, 7) is 0. The molecular formula is C20H7Cl5O3. The zero-order chi connectivity index (χ0) is 19.8. The summed E-state index contributed by atoms with van der Waals surface area (Å²) in [6, 6.07) is 12.2. The molecule has 1 spiro atoms. The summed E-state index contributed by atoms with van der Waals surface area (Å²) >= 11 is 32.0. The fourth-order valence-electron chi connectivity index (χ4n) is 3.75. The van der Waals surface area contributed by atoms with E-state index in [4.69, 9.17) is 67.5 Å². The number of carbonyl (C=O) groups is 1. The molecule has 3 aromatic carbocycles. The molecule has 0 saturated heterocycles. The van der Waals surface area contributed by atoms with E-state index in [-0.39, 0.29) is 25.8 Å². The molecule has 5 rings (SSSR count). The van der Waals surface area contributed by atoms with E-state index in [1.54, 1.807) is 42.5 Å². The van der Waals surface area contributed by atoms with Crippen LogP contribution >= 0.6 is 58.0 Å². The van der Waals surface area contributed by atoms with Crippen LogP contribution in [0.25, 0.3) is 0 Å². The van der Waals surface area contributed by atoms with Gasteiger partial charge in [0.05, 0.1) is 31.2 Å². The Labute approximate surface area is 184 Å². The minimum atomic E-state index is -1.42. The molecule has 0 aliphatic carbocycles. The summed E-state index contributed by atoms with van der Waals surface area (Å²) < 4.78 is 12.0. The van der Waals surface area contributed by atoms with Crippen LogP contribution in [-0.4, -0.2) is 5.97 Å². The molecule has 8 heteroatoms. The number of hydrogen-bond acceptors (Lipinski definition) is 3. The van der Waals surface area contributed by atoms with Gasteiger partial charge in [0.1, 0.15) is 5.02 Å². The van der Waals surface area contributed by atoms with Crippen molar-refractivity contribution in [1.82, 2.24) is 0 Å². The quantitative estimate of drug-likeness (QED) is 0.193. The van der Waals surface area contributed by atoms with Crippen molar-refractivity contribution in [1.29, 1.82) is 0 Å². The maximum atomic E-state index is 12.8. The molecule has 0 fully saturated rings. The van der Waals surface area contributed by atoms with Crippen LogP contribution < -0.4 is 4.74 Å². The minimum absolute atomic E-state index is 0.0374. The van der Waals surface area contributed by atoms with Gasteiger partial charge in [-0.25, -0.2) is 4.79 Å². The molecule has 0 radical (unpaired) electrons.